The van der Waals surface area contributed by atoms with Crippen LogP contribution >= 0.6 is 0 Å². The number of nitrogens with zero attached hydrogens (tertiary/aromatic N) is 1. The Morgan fingerprint density at radius 3 is 2.42 bits per heavy atom. The fourth-order valence-corrected chi connectivity index (χ4v) is 1.51. The maximum Gasteiger partial charge on any atom is 0.339 e. The molecule has 5 heteroatoms. The van der Waals surface area contributed by atoms with Crippen molar-refractivity contribution in [2.45, 2.75) is 38.6 Å². The molecule has 5 nitrogen and oxygen atoms in total. The molecule has 0 spiro atoms. The van der Waals surface area contributed by atoms with Crippen LogP contribution in [0.15, 0.2) is 24.3 Å². The highest BCUT2D eigenvalue weighted by Gasteiger charge is 2.26. The first kappa shape index (κ1) is 15.2. The maximum absolute atomic E-state index is 12.0. The second-order valence-electron chi connectivity index (χ2n) is 5.11. The maximum atomic E-state index is 12.0. The molecule has 2 atom stereocenters. The molecule has 102 valence electrons. The molecule has 0 bridgehead atoms. The van der Waals surface area contributed by atoms with E-state index in [0.29, 0.717) is 0 Å². The first-order valence-corrected chi connectivity index (χ1v) is 5.84. The number of hydrogen-bond acceptors (Lipinski definition) is 5. The highest BCUT2D eigenvalue weighted by Crippen LogP contribution is 2.23. The minimum atomic E-state index is -1.59. The Hall–Kier alpha value is -1.90. The van der Waals surface area contributed by atoms with Gasteiger partial charge in [0, 0.05) is 0 Å². The van der Waals surface area contributed by atoms with E-state index in [-0.39, 0.29) is 11.1 Å². The van der Waals surface area contributed by atoms with Gasteiger partial charge in [-0.1, -0.05) is 18.2 Å². The lowest BCUT2D eigenvalue weighted by Crippen LogP contribution is -2.26. The molecule has 0 heterocycles. The van der Waals surface area contributed by atoms with E-state index in [0.717, 1.165) is 0 Å². The smallest absolute Gasteiger partial charge is 0.339 e. The molecule has 0 amide bonds. The summed E-state index contributed by atoms with van der Waals surface area (Å²) in [5, 5.41) is 27.8. The summed E-state index contributed by atoms with van der Waals surface area (Å²) in [7, 11) is 0. The van der Waals surface area contributed by atoms with Crippen LogP contribution in [-0.4, -0.2) is 27.9 Å². The minimum Gasteiger partial charge on any atom is -0.456 e. The molecule has 0 saturated carbocycles. The zero-order valence-electron chi connectivity index (χ0n) is 11.1. The largest absolute Gasteiger partial charge is 0.456 e. The molecule has 1 rings (SSSR count). The summed E-state index contributed by atoms with van der Waals surface area (Å²) in [6.45, 7) is 5.19. The molecule has 2 N–H and O–H groups in total. The van der Waals surface area contributed by atoms with Gasteiger partial charge in [0.2, 0.25) is 0 Å². The molecule has 0 aliphatic carbocycles. The summed E-state index contributed by atoms with van der Waals surface area (Å²) >= 11 is 0. The van der Waals surface area contributed by atoms with Gasteiger partial charge in [-0.05, 0) is 32.4 Å². The predicted octanol–water partition coefficient (Wildman–Crippen LogP) is 1.56. The number of aliphatic hydroxyl groups excluding tert-OH is 2. The summed E-state index contributed by atoms with van der Waals surface area (Å²) in [5.41, 5.74) is -0.353. The molecular weight excluding hydrogens is 246 g/mol. The molecule has 0 aliphatic heterocycles. The van der Waals surface area contributed by atoms with E-state index >= 15 is 0 Å². The van der Waals surface area contributed by atoms with Crippen molar-refractivity contribution in [3.63, 3.8) is 0 Å². The Morgan fingerprint density at radius 1 is 1.32 bits per heavy atom. The Labute approximate surface area is 112 Å². The lowest BCUT2D eigenvalue weighted by atomic mass is 9.99. The van der Waals surface area contributed by atoms with E-state index in [9.17, 15) is 15.0 Å². The van der Waals surface area contributed by atoms with Gasteiger partial charge in [-0.2, -0.15) is 5.26 Å². The number of esters is 1. The van der Waals surface area contributed by atoms with E-state index in [1.807, 2.05) is 0 Å². The van der Waals surface area contributed by atoms with Crippen LogP contribution in [0.4, 0.5) is 0 Å². The lowest BCUT2D eigenvalue weighted by molar-refractivity contribution is 0.00558. The third-order valence-electron chi connectivity index (χ3n) is 2.33. The van der Waals surface area contributed by atoms with Crippen LogP contribution in [-0.2, 0) is 4.74 Å². The summed E-state index contributed by atoms with van der Waals surface area (Å²) in [6, 6.07) is 7.72. The SMILES string of the molecule is CC(C)(C)OC(=O)c1ccccc1C(O)C(O)C#N. The molecule has 0 aliphatic rings. The zero-order chi connectivity index (χ0) is 14.6. The summed E-state index contributed by atoms with van der Waals surface area (Å²) in [4.78, 5) is 12.0. The van der Waals surface area contributed by atoms with Gasteiger partial charge < -0.3 is 14.9 Å². The molecule has 0 radical (unpaired) electrons. The fraction of sp³-hybridized carbons (Fsp3) is 0.429. The molecule has 2 unspecified atom stereocenters. The molecule has 1 aromatic carbocycles. The summed E-state index contributed by atoms with van der Waals surface area (Å²) < 4.78 is 5.21. The van der Waals surface area contributed by atoms with Gasteiger partial charge >= 0.3 is 5.97 Å². The Kier molecular flexibility index (Phi) is 4.65. The van der Waals surface area contributed by atoms with Crippen molar-refractivity contribution in [2.24, 2.45) is 0 Å². The van der Waals surface area contributed by atoms with Crippen molar-refractivity contribution in [1.29, 1.82) is 5.26 Å². The van der Waals surface area contributed by atoms with Crippen molar-refractivity contribution in [1.82, 2.24) is 0 Å². The highest BCUT2D eigenvalue weighted by atomic mass is 16.6. The number of hydrogen-bond donors (Lipinski definition) is 2. The topological polar surface area (TPSA) is 90.6 Å². The Balaban J connectivity index is 3.10. The molecular formula is C14H17NO4. The number of nitriles is 1. The third kappa shape index (κ3) is 4.05. The zero-order valence-corrected chi connectivity index (χ0v) is 11.1. The van der Waals surface area contributed by atoms with Gasteiger partial charge in [0.05, 0.1) is 11.6 Å². The normalized spacial score (nSPS) is 14.3. The van der Waals surface area contributed by atoms with Crippen molar-refractivity contribution in [2.75, 3.05) is 0 Å². The van der Waals surface area contributed by atoms with Gasteiger partial charge in [-0.25, -0.2) is 4.79 Å². The second-order valence-corrected chi connectivity index (χ2v) is 5.11. The van der Waals surface area contributed by atoms with Gasteiger partial charge in [0.1, 0.15) is 11.7 Å². The van der Waals surface area contributed by atoms with Gasteiger partial charge in [-0.15, -0.1) is 0 Å². The highest BCUT2D eigenvalue weighted by molar-refractivity contribution is 5.91. The first-order valence-electron chi connectivity index (χ1n) is 5.84. The molecule has 0 aromatic heterocycles. The monoisotopic (exact) mass is 263 g/mol. The number of carbonyl (C=O) groups excluding carboxylic acids is 1. The lowest BCUT2D eigenvalue weighted by Gasteiger charge is -2.22. The van der Waals surface area contributed by atoms with Crippen molar-refractivity contribution in [3.8, 4) is 6.07 Å². The van der Waals surface area contributed by atoms with E-state index in [2.05, 4.69) is 0 Å². The van der Waals surface area contributed by atoms with E-state index < -0.39 is 23.8 Å². The average Bonchev–Trinajstić information content (AvgIpc) is 2.35. The van der Waals surface area contributed by atoms with E-state index in [1.165, 1.54) is 18.2 Å². The van der Waals surface area contributed by atoms with Crippen LogP contribution in [0, 0.1) is 11.3 Å². The van der Waals surface area contributed by atoms with Crippen LogP contribution in [0.1, 0.15) is 42.8 Å². The van der Waals surface area contributed by atoms with Crippen LogP contribution in [0.25, 0.3) is 0 Å². The number of benzene rings is 1. The van der Waals surface area contributed by atoms with E-state index in [4.69, 9.17) is 10.00 Å². The number of carbonyl (C=O) groups is 1. The fourth-order valence-electron chi connectivity index (χ4n) is 1.51. The van der Waals surface area contributed by atoms with Gasteiger partial charge in [0.15, 0.2) is 6.10 Å². The van der Waals surface area contributed by atoms with Crippen molar-refractivity contribution >= 4 is 5.97 Å². The molecule has 0 fully saturated rings. The van der Waals surface area contributed by atoms with Crippen LogP contribution in [0.3, 0.4) is 0 Å². The van der Waals surface area contributed by atoms with Gasteiger partial charge in [0.25, 0.3) is 0 Å². The number of rotatable bonds is 3. The van der Waals surface area contributed by atoms with Crippen LogP contribution < -0.4 is 0 Å². The van der Waals surface area contributed by atoms with Crippen molar-refractivity contribution in [3.05, 3.63) is 35.4 Å². The number of aliphatic hydroxyl groups is 2. The first-order chi connectivity index (χ1) is 8.76. The quantitative estimate of drug-likeness (QED) is 0.638. The number of ether oxygens (including phenoxy) is 1. The predicted molar refractivity (Wildman–Crippen MR) is 68.2 cm³/mol. The standard InChI is InChI=1S/C14H17NO4/c1-14(2,3)19-13(18)10-7-5-4-6-9(10)12(17)11(16)8-15/h4-7,11-12,16-17H,1-3H3. The Bertz CT molecular complexity index is 499. The average molecular weight is 263 g/mol. The third-order valence-corrected chi connectivity index (χ3v) is 2.33. The van der Waals surface area contributed by atoms with E-state index in [1.54, 1.807) is 32.9 Å². The summed E-state index contributed by atoms with van der Waals surface area (Å²) in [6.07, 6.45) is -3.04. The minimum absolute atomic E-state index is 0.138. The Morgan fingerprint density at radius 2 is 1.89 bits per heavy atom. The molecule has 1 aromatic rings. The van der Waals surface area contributed by atoms with Crippen LogP contribution in [0.5, 0.6) is 0 Å². The van der Waals surface area contributed by atoms with Crippen LogP contribution in [0.2, 0.25) is 0 Å². The van der Waals surface area contributed by atoms with Gasteiger partial charge in [-0.3, -0.25) is 0 Å². The second kappa shape index (κ2) is 5.83. The summed E-state index contributed by atoms with van der Waals surface area (Å²) in [5.74, 6) is -0.604. The molecule has 19 heavy (non-hydrogen) atoms. The van der Waals surface area contributed by atoms with Crippen molar-refractivity contribution < 1.29 is 19.7 Å². The molecule has 0 saturated heterocycles.